The van der Waals surface area contributed by atoms with Crippen molar-refractivity contribution in [3.8, 4) is 0 Å². The Hall–Kier alpha value is -0.220. The highest BCUT2D eigenvalue weighted by molar-refractivity contribution is 8.01. The van der Waals surface area contributed by atoms with Crippen LogP contribution in [0.15, 0.2) is 0 Å². The van der Waals surface area contributed by atoms with E-state index in [1.165, 1.54) is 0 Å². The average molecular weight is 204 g/mol. The lowest BCUT2D eigenvalue weighted by Gasteiger charge is -2.29. The van der Waals surface area contributed by atoms with Gasteiger partial charge in [-0.05, 0) is 18.6 Å². The van der Waals surface area contributed by atoms with Gasteiger partial charge in [0.2, 0.25) is 0 Å². The van der Waals surface area contributed by atoms with Crippen molar-refractivity contribution in [3.05, 3.63) is 0 Å². The first kappa shape index (κ1) is 10.9. The minimum Gasteiger partial charge on any atom is -0.480 e. The second-order valence-electron chi connectivity index (χ2n) is 3.50. The Labute approximate surface area is 82.8 Å². The third kappa shape index (κ3) is 1.99. The summed E-state index contributed by atoms with van der Waals surface area (Å²) in [6.45, 7) is 2.48. The van der Waals surface area contributed by atoms with Gasteiger partial charge >= 0.3 is 5.97 Å². The molecular formula is C9H16O3S. The van der Waals surface area contributed by atoms with Crippen molar-refractivity contribution in [2.45, 2.75) is 24.5 Å². The Morgan fingerprint density at radius 1 is 1.77 bits per heavy atom. The van der Waals surface area contributed by atoms with Crippen LogP contribution >= 0.6 is 11.8 Å². The van der Waals surface area contributed by atoms with Crippen LogP contribution < -0.4 is 0 Å². The van der Waals surface area contributed by atoms with E-state index < -0.39 is 10.7 Å². The molecule has 2 unspecified atom stereocenters. The SMILES string of the molecule is COCC(C)C1(C(=O)O)CCCS1. The second-order valence-corrected chi connectivity index (χ2v) is 4.93. The Bertz CT molecular complexity index is 187. The molecular weight excluding hydrogens is 188 g/mol. The maximum atomic E-state index is 11.2. The molecule has 0 amide bonds. The van der Waals surface area contributed by atoms with E-state index in [4.69, 9.17) is 4.74 Å². The number of rotatable bonds is 4. The summed E-state index contributed by atoms with van der Waals surface area (Å²) in [7, 11) is 1.62. The first-order chi connectivity index (χ1) is 6.13. The predicted molar refractivity (Wildman–Crippen MR) is 53.1 cm³/mol. The normalized spacial score (nSPS) is 30.3. The van der Waals surface area contributed by atoms with Gasteiger partial charge in [-0.25, -0.2) is 0 Å². The van der Waals surface area contributed by atoms with Gasteiger partial charge in [0.05, 0.1) is 6.61 Å². The van der Waals surface area contributed by atoms with Crippen molar-refractivity contribution in [3.63, 3.8) is 0 Å². The molecule has 0 aromatic rings. The van der Waals surface area contributed by atoms with Crippen molar-refractivity contribution in [1.29, 1.82) is 0 Å². The van der Waals surface area contributed by atoms with Crippen molar-refractivity contribution in [1.82, 2.24) is 0 Å². The summed E-state index contributed by atoms with van der Waals surface area (Å²) in [5.74, 6) is 0.363. The van der Waals surface area contributed by atoms with E-state index in [2.05, 4.69) is 0 Å². The van der Waals surface area contributed by atoms with Crippen molar-refractivity contribution >= 4 is 17.7 Å². The molecule has 0 spiro atoms. The topological polar surface area (TPSA) is 46.5 Å². The van der Waals surface area contributed by atoms with E-state index in [1.807, 2.05) is 6.92 Å². The Morgan fingerprint density at radius 3 is 2.85 bits per heavy atom. The highest BCUT2D eigenvalue weighted by Crippen LogP contribution is 2.44. The third-order valence-corrected chi connectivity index (χ3v) is 4.42. The molecule has 0 bridgehead atoms. The molecule has 1 aliphatic rings. The number of carboxylic acids is 1. The molecule has 0 aromatic heterocycles. The molecule has 1 heterocycles. The number of hydrogen-bond acceptors (Lipinski definition) is 3. The third-order valence-electron chi connectivity index (χ3n) is 2.63. The van der Waals surface area contributed by atoms with E-state index in [0.29, 0.717) is 6.61 Å². The monoisotopic (exact) mass is 204 g/mol. The molecule has 0 aliphatic carbocycles. The van der Waals surface area contributed by atoms with Gasteiger partial charge < -0.3 is 9.84 Å². The standard InChI is InChI=1S/C9H16O3S/c1-7(6-12-2)9(8(10)11)4-3-5-13-9/h7H,3-6H2,1-2H3,(H,10,11). The van der Waals surface area contributed by atoms with E-state index >= 15 is 0 Å². The second kappa shape index (κ2) is 4.33. The van der Waals surface area contributed by atoms with Crippen LogP contribution in [0.1, 0.15) is 19.8 Å². The molecule has 76 valence electrons. The van der Waals surface area contributed by atoms with Crippen LogP contribution in [-0.4, -0.2) is 35.3 Å². The van der Waals surface area contributed by atoms with Gasteiger partial charge in [0, 0.05) is 13.0 Å². The smallest absolute Gasteiger partial charge is 0.320 e. The zero-order valence-corrected chi connectivity index (χ0v) is 8.89. The summed E-state index contributed by atoms with van der Waals surface area (Å²) in [5, 5.41) is 9.18. The molecule has 4 heteroatoms. The quantitative estimate of drug-likeness (QED) is 0.756. The summed E-state index contributed by atoms with van der Waals surface area (Å²) < 4.78 is 4.43. The highest BCUT2D eigenvalue weighted by atomic mass is 32.2. The van der Waals surface area contributed by atoms with E-state index in [1.54, 1.807) is 18.9 Å². The van der Waals surface area contributed by atoms with Crippen LogP contribution in [0.5, 0.6) is 0 Å². The number of hydrogen-bond donors (Lipinski definition) is 1. The van der Waals surface area contributed by atoms with Gasteiger partial charge in [-0.1, -0.05) is 6.92 Å². The number of aliphatic carboxylic acids is 1. The molecule has 0 aromatic carbocycles. The van der Waals surface area contributed by atoms with Gasteiger partial charge in [-0.15, -0.1) is 11.8 Å². The van der Waals surface area contributed by atoms with Crippen LogP contribution in [0.2, 0.25) is 0 Å². The predicted octanol–water partition coefficient (Wildman–Crippen LogP) is 1.62. The van der Waals surface area contributed by atoms with Crippen LogP contribution in [-0.2, 0) is 9.53 Å². The van der Waals surface area contributed by atoms with Crippen molar-refractivity contribution in [2.24, 2.45) is 5.92 Å². The highest BCUT2D eigenvalue weighted by Gasteiger charge is 2.46. The Morgan fingerprint density at radius 2 is 2.46 bits per heavy atom. The molecule has 1 rings (SSSR count). The van der Waals surface area contributed by atoms with Gasteiger partial charge in [-0.2, -0.15) is 0 Å². The maximum absolute atomic E-state index is 11.2. The molecule has 1 fully saturated rings. The fourth-order valence-electron chi connectivity index (χ4n) is 1.81. The lowest BCUT2D eigenvalue weighted by Crippen LogP contribution is -2.41. The van der Waals surface area contributed by atoms with Crippen LogP contribution in [0.3, 0.4) is 0 Å². The largest absolute Gasteiger partial charge is 0.480 e. The van der Waals surface area contributed by atoms with Crippen LogP contribution in [0, 0.1) is 5.92 Å². The summed E-state index contributed by atoms with van der Waals surface area (Å²) >= 11 is 1.57. The zero-order chi connectivity index (χ0) is 9.90. The molecule has 1 aliphatic heterocycles. The number of methoxy groups -OCH3 is 1. The lowest BCUT2D eigenvalue weighted by molar-refractivity contribution is -0.141. The molecule has 3 nitrogen and oxygen atoms in total. The van der Waals surface area contributed by atoms with Gasteiger partial charge in [-0.3, -0.25) is 4.79 Å². The Balaban J connectivity index is 2.71. The van der Waals surface area contributed by atoms with E-state index in [0.717, 1.165) is 18.6 Å². The zero-order valence-electron chi connectivity index (χ0n) is 8.08. The molecule has 0 saturated carbocycles. The molecule has 0 radical (unpaired) electrons. The van der Waals surface area contributed by atoms with Gasteiger partial charge in [0.1, 0.15) is 4.75 Å². The first-order valence-electron chi connectivity index (χ1n) is 4.50. The minimum atomic E-state index is -0.681. The van der Waals surface area contributed by atoms with E-state index in [9.17, 15) is 9.90 Å². The summed E-state index contributed by atoms with van der Waals surface area (Å²) in [6, 6.07) is 0. The molecule has 13 heavy (non-hydrogen) atoms. The number of thioether (sulfide) groups is 1. The maximum Gasteiger partial charge on any atom is 0.320 e. The first-order valence-corrected chi connectivity index (χ1v) is 5.48. The fraction of sp³-hybridized carbons (Fsp3) is 0.889. The molecule has 1 N–H and O–H groups in total. The van der Waals surface area contributed by atoms with Crippen molar-refractivity contribution < 1.29 is 14.6 Å². The summed E-state index contributed by atoms with van der Waals surface area (Å²) in [5.41, 5.74) is 0. The lowest BCUT2D eigenvalue weighted by atomic mass is 9.90. The average Bonchev–Trinajstić information content (AvgIpc) is 2.53. The molecule has 1 saturated heterocycles. The summed E-state index contributed by atoms with van der Waals surface area (Å²) in [4.78, 5) is 11.2. The molecule has 2 atom stereocenters. The number of carbonyl (C=O) groups is 1. The minimum absolute atomic E-state index is 0.0856. The Kier molecular flexibility index (Phi) is 3.62. The van der Waals surface area contributed by atoms with Crippen molar-refractivity contribution in [2.75, 3.05) is 19.5 Å². The van der Waals surface area contributed by atoms with Crippen LogP contribution in [0.4, 0.5) is 0 Å². The summed E-state index contributed by atoms with van der Waals surface area (Å²) in [6.07, 6.45) is 1.78. The van der Waals surface area contributed by atoms with Gasteiger partial charge in [0.15, 0.2) is 0 Å². The van der Waals surface area contributed by atoms with E-state index in [-0.39, 0.29) is 5.92 Å². The number of carboxylic acid groups (broad SMARTS) is 1. The fourth-order valence-corrected chi connectivity index (χ4v) is 3.23. The van der Waals surface area contributed by atoms with Gasteiger partial charge in [0.25, 0.3) is 0 Å². The van der Waals surface area contributed by atoms with Crippen LogP contribution in [0.25, 0.3) is 0 Å². The number of ether oxygens (including phenoxy) is 1.